The van der Waals surface area contributed by atoms with Gasteiger partial charge in [-0.1, -0.05) is 84.5 Å². The lowest BCUT2D eigenvalue weighted by atomic mass is 10.0. The lowest BCUT2D eigenvalue weighted by Crippen LogP contribution is -1.93. The van der Waals surface area contributed by atoms with Gasteiger partial charge in [-0.2, -0.15) is 0 Å². The summed E-state index contributed by atoms with van der Waals surface area (Å²) in [6, 6.07) is 17.6. The monoisotopic (exact) mass is 592 g/mol. The number of hydrogen-bond donors (Lipinski definition) is 2. The second kappa shape index (κ2) is 10.7. The molecule has 0 amide bonds. The fraction of sp³-hybridized carbons (Fsp3) is 0.0952. The predicted molar refractivity (Wildman–Crippen MR) is 194 cm³/mol. The maximum atomic E-state index is 5.37. The van der Waals surface area contributed by atoms with Crippen molar-refractivity contribution < 1.29 is 0 Å². The van der Waals surface area contributed by atoms with Crippen LogP contribution in [0.3, 0.4) is 0 Å². The smallest absolute Gasteiger partial charge is 0.0737 e. The van der Waals surface area contributed by atoms with Gasteiger partial charge in [-0.25, -0.2) is 9.97 Å². The Hall–Kier alpha value is -5.74. The molecule has 2 aliphatic heterocycles. The van der Waals surface area contributed by atoms with Gasteiger partial charge in [-0.15, -0.1) is 0 Å². The summed E-state index contributed by atoms with van der Waals surface area (Å²) < 4.78 is 0. The Morgan fingerprint density at radius 1 is 0.457 bits per heavy atom. The molecule has 5 aliphatic rings. The predicted octanol–water partition coefficient (Wildman–Crippen LogP) is 10.7. The highest BCUT2D eigenvalue weighted by Gasteiger charge is 2.21. The molecule has 0 fully saturated rings. The van der Waals surface area contributed by atoms with Crippen molar-refractivity contribution in [2.75, 3.05) is 0 Å². The lowest BCUT2D eigenvalue weighted by Gasteiger charge is -2.07. The second-order valence-electron chi connectivity index (χ2n) is 12.3. The number of rotatable bonds is 4. The van der Waals surface area contributed by atoms with E-state index in [0.29, 0.717) is 0 Å². The molecule has 0 unspecified atom stereocenters. The van der Waals surface area contributed by atoms with Crippen molar-refractivity contribution in [2.45, 2.75) is 26.2 Å². The lowest BCUT2D eigenvalue weighted by molar-refractivity contribution is 1.27. The van der Waals surface area contributed by atoms with Crippen molar-refractivity contribution in [3.05, 3.63) is 148 Å². The minimum Gasteiger partial charge on any atom is -0.354 e. The molecule has 0 saturated carbocycles. The van der Waals surface area contributed by atoms with Crippen LogP contribution in [0.2, 0.25) is 0 Å². The Labute approximate surface area is 268 Å². The highest BCUT2D eigenvalue weighted by atomic mass is 14.8. The highest BCUT2D eigenvalue weighted by Crippen LogP contribution is 2.38. The van der Waals surface area contributed by atoms with Crippen molar-refractivity contribution in [3.63, 3.8) is 0 Å². The number of benzene rings is 1. The van der Waals surface area contributed by atoms with Crippen LogP contribution in [0.15, 0.2) is 103 Å². The van der Waals surface area contributed by atoms with Gasteiger partial charge in [0.15, 0.2) is 0 Å². The molecule has 0 spiro atoms. The summed E-state index contributed by atoms with van der Waals surface area (Å²) in [6.07, 6.45) is 31.1. The summed E-state index contributed by atoms with van der Waals surface area (Å²) >= 11 is 0. The van der Waals surface area contributed by atoms with E-state index in [2.05, 4.69) is 144 Å². The number of fused-ring (bicyclic) bond motifs is 8. The van der Waals surface area contributed by atoms with Crippen LogP contribution in [0, 0.1) is 6.92 Å². The first-order chi connectivity index (χ1) is 22.7. The van der Waals surface area contributed by atoms with E-state index in [0.717, 1.165) is 91.9 Å². The summed E-state index contributed by atoms with van der Waals surface area (Å²) in [5.41, 5.74) is 18.7. The molecular formula is C42H32N4. The highest BCUT2D eigenvalue weighted by molar-refractivity contribution is 5.98. The molecule has 2 N–H and O–H groups in total. The standard InChI is InChI=1S/C42H32N4/c1-26-14-16-30(17-15-26)42-37-24-22-35(45-37)40(28-10-4-5-11-28)33-20-18-31(43-33)39(27-8-2-3-9-27)32-19-21-34(44-32)41(29-12-6-7-13-29)36-23-25-38(42)46-36/h2-8,10,12,14-25,43,46H,9,11,13H2,1H3. The van der Waals surface area contributed by atoms with E-state index in [9.17, 15) is 0 Å². The zero-order chi connectivity index (χ0) is 30.6. The molecule has 5 heterocycles. The van der Waals surface area contributed by atoms with Gasteiger partial charge in [-0.3, -0.25) is 0 Å². The van der Waals surface area contributed by atoms with E-state index in [1.165, 1.54) is 22.3 Å². The zero-order valence-electron chi connectivity index (χ0n) is 25.6. The van der Waals surface area contributed by atoms with E-state index in [1.54, 1.807) is 0 Å². The number of nitrogens with zero attached hydrogens (tertiary/aromatic N) is 2. The first-order valence-corrected chi connectivity index (χ1v) is 16.0. The van der Waals surface area contributed by atoms with E-state index >= 15 is 0 Å². The molecule has 0 radical (unpaired) electrons. The third kappa shape index (κ3) is 4.45. The average molecular weight is 593 g/mol. The van der Waals surface area contributed by atoms with Gasteiger partial charge in [-0.05, 0) is 97.0 Å². The number of allylic oxidation sites excluding steroid dienone is 12. The minimum absolute atomic E-state index is 0.878. The largest absolute Gasteiger partial charge is 0.354 e. The van der Waals surface area contributed by atoms with Crippen LogP contribution in [-0.4, -0.2) is 19.9 Å². The molecule has 1 aromatic carbocycles. The van der Waals surface area contributed by atoms with Gasteiger partial charge in [0, 0.05) is 44.3 Å². The zero-order valence-corrected chi connectivity index (χ0v) is 25.6. The van der Waals surface area contributed by atoms with Gasteiger partial charge in [0.05, 0.1) is 22.8 Å². The molecule has 3 aromatic heterocycles. The average Bonchev–Trinajstić information content (AvgIpc) is 3.91. The summed E-state index contributed by atoms with van der Waals surface area (Å²) in [7, 11) is 0. The molecule has 220 valence electrons. The third-order valence-corrected chi connectivity index (χ3v) is 9.37. The maximum Gasteiger partial charge on any atom is 0.0737 e. The van der Waals surface area contributed by atoms with Gasteiger partial charge >= 0.3 is 0 Å². The number of nitrogens with one attached hydrogen (secondary N) is 2. The Morgan fingerprint density at radius 3 is 1.20 bits per heavy atom. The molecule has 9 rings (SSSR count). The normalized spacial score (nSPS) is 16.1. The van der Waals surface area contributed by atoms with Gasteiger partial charge in [0.2, 0.25) is 0 Å². The van der Waals surface area contributed by atoms with E-state index in [1.807, 2.05) is 0 Å². The quantitative estimate of drug-likeness (QED) is 0.214. The number of aryl methyl sites for hydroxylation is 1. The number of hydrogen-bond acceptors (Lipinski definition) is 2. The minimum atomic E-state index is 0.878. The van der Waals surface area contributed by atoms with E-state index in [-0.39, 0.29) is 0 Å². The Balaban J connectivity index is 1.45. The summed E-state index contributed by atoms with van der Waals surface area (Å²) in [5.74, 6) is 0. The van der Waals surface area contributed by atoms with Crippen molar-refractivity contribution in [1.82, 2.24) is 19.9 Å². The fourth-order valence-electron chi connectivity index (χ4n) is 7.14. The second-order valence-corrected chi connectivity index (χ2v) is 12.3. The van der Waals surface area contributed by atoms with Crippen molar-refractivity contribution >= 4 is 63.1 Å². The molecule has 4 nitrogen and oxygen atoms in total. The van der Waals surface area contributed by atoms with Gasteiger partial charge < -0.3 is 9.97 Å². The molecule has 46 heavy (non-hydrogen) atoms. The van der Waals surface area contributed by atoms with Gasteiger partial charge in [0.1, 0.15) is 0 Å². The maximum absolute atomic E-state index is 5.37. The molecule has 8 bridgehead atoms. The first-order valence-electron chi connectivity index (χ1n) is 16.0. The molecule has 3 aliphatic carbocycles. The Morgan fingerprint density at radius 2 is 0.826 bits per heavy atom. The molecule has 0 atom stereocenters. The van der Waals surface area contributed by atoms with E-state index in [4.69, 9.17) is 9.97 Å². The van der Waals surface area contributed by atoms with Crippen molar-refractivity contribution in [1.29, 1.82) is 0 Å². The van der Waals surface area contributed by atoms with Crippen molar-refractivity contribution in [2.24, 2.45) is 0 Å². The molecule has 4 heteroatoms. The van der Waals surface area contributed by atoms with Crippen LogP contribution in [0.5, 0.6) is 0 Å². The SMILES string of the molecule is Cc1ccc(-c2c3nc(c(C4=CC=CC4)c4ccc([nH]4)c(C4=CC=CC4)c4nc(c(C5=CC=CC5)c5ccc2[nH]5)C=C4)C=C3)cc1. The summed E-state index contributed by atoms with van der Waals surface area (Å²) in [4.78, 5) is 18.4. The van der Waals surface area contributed by atoms with Crippen LogP contribution >= 0.6 is 0 Å². The van der Waals surface area contributed by atoms with Crippen LogP contribution < -0.4 is 0 Å². The topological polar surface area (TPSA) is 57.4 Å². The first kappa shape index (κ1) is 26.6. The Kier molecular flexibility index (Phi) is 6.20. The summed E-state index contributed by atoms with van der Waals surface area (Å²) in [5, 5.41) is 0. The van der Waals surface area contributed by atoms with Gasteiger partial charge in [0.25, 0.3) is 0 Å². The Bertz CT molecular complexity index is 2350. The number of aromatic nitrogens is 4. The third-order valence-electron chi connectivity index (χ3n) is 9.37. The number of aromatic amines is 2. The summed E-state index contributed by atoms with van der Waals surface area (Å²) in [6.45, 7) is 2.13. The van der Waals surface area contributed by atoms with Crippen LogP contribution in [0.25, 0.3) is 74.2 Å². The van der Waals surface area contributed by atoms with Crippen LogP contribution in [0.4, 0.5) is 0 Å². The fourth-order valence-corrected chi connectivity index (χ4v) is 7.14. The van der Waals surface area contributed by atoms with E-state index < -0.39 is 0 Å². The molecule has 4 aromatic rings. The van der Waals surface area contributed by atoms with Crippen LogP contribution in [-0.2, 0) is 0 Å². The molecule has 0 saturated heterocycles. The molecular weight excluding hydrogens is 560 g/mol. The number of H-pyrrole nitrogens is 2. The van der Waals surface area contributed by atoms with Crippen LogP contribution in [0.1, 0.15) is 64.3 Å². The van der Waals surface area contributed by atoms with Crippen molar-refractivity contribution in [3.8, 4) is 11.1 Å².